The van der Waals surface area contributed by atoms with Crippen molar-refractivity contribution in [3.05, 3.63) is 58.1 Å². The van der Waals surface area contributed by atoms with Crippen LogP contribution >= 0.6 is 23.2 Å². The maximum absolute atomic E-state index is 12.6. The first-order valence-electron chi connectivity index (χ1n) is 8.66. The fourth-order valence-corrected chi connectivity index (χ4v) is 3.78. The molecule has 29 heavy (non-hydrogen) atoms. The third-order valence-electron chi connectivity index (χ3n) is 3.92. The molecule has 0 radical (unpaired) electrons. The normalized spacial score (nSPS) is 11.0. The molecule has 0 saturated carbocycles. The molecule has 0 aliphatic carbocycles. The van der Waals surface area contributed by atoms with Crippen LogP contribution in [0.15, 0.2) is 47.4 Å². The molecule has 0 aliphatic heterocycles. The van der Waals surface area contributed by atoms with Crippen LogP contribution in [0.1, 0.15) is 29.6 Å². The molecule has 0 unspecified atom stereocenters. The van der Waals surface area contributed by atoms with Gasteiger partial charge in [0.25, 0.3) is 15.9 Å². The van der Waals surface area contributed by atoms with Crippen LogP contribution < -0.4 is 10.0 Å². The van der Waals surface area contributed by atoms with Gasteiger partial charge < -0.3 is 10.1 Å². The van der Waals surface area contributed by atoms with Crippen molar-refractivity contribution in [1.82, 2.24) is 5.32 Å². The molecule has 0 heterocycles. The van der Waals surface area contributed by atoms with Gasteiger partial charge in [-0.2, -0.15) is 0 Å². The Morgan fingerprint density at radius 3 is 2.31 bits per heavy atom. The quantitative estimate of drug-likeness (QED) is 0.438. The molecule has 0 fully saturated rings. The molecule has 2 aromatic carbocycles. The molecule has 2 rings (SSSR count). The Balaban J connectivity index is 2.09. The van der Waals surface area contributed by atoms with Crippen molar-refractivity contribution < 1.29 is 22.7 Å². The van der Waals surface area contributed by atoms with E-state index in [2.05, 4.69) is 14.8 Å². The number of carbonyl (C=O) groups excluding carboxylic acids is 2. The summed E-state index contributed by atoms with van der Waals surface area (Å²) in [4.78, 5) is 23.6. The van der Waals surface area contributed by atoms with E-state index in [1.807, 2.05) is 0 Å². The zero-order chi connectivity index (χ0) is 21.4. The fraction of sp³-hybridized carbons (Fsp3) is 0.263. The zero-order valence-electron chi connectivity index (χ0n) is 15.6. The molecule has 2 aromatic rings. The summed E-state index contributed by atoms with van der Waals surface area (Å²) in [6, 6.07) is 9.92. The van der Waals surface area contributed by atoms with Crippen LogP contribution in [0.4, 0.5) is 5.69 Å². The van der Waals surface area contributed by atoms with Gasteiger partial charge >= 0.3 is 5.97 Å². The number of ether oxygens (including phenoxy) is 1. The van der Waals surface area contributed by atoms with Crippen molar-refractivity contribution in [2.75, 3.05) is 18.4 Å². The number of amides is 1. The van der Waals surface area contributed by atoms with Crippen molar-refractivity contribution in [2.45, 2.75) is 24.2 Å². The van der Waals surface area contributed by atoms with E-state index in [0.717, 1.165) is 0 Å². The van der Waals surface area contributed by atoms with E-state index in [0.29, 0.717) is 24.4 Å². The molecule has 156 valence electrons. The second-order valence-corrected chi connectivity index (χ2v) is 8.59. The van der Waals surface area contributed by atoms with Crippen molar-refractivity contribution in [2.24, 2.45) is 0 Å². The summed E-state index contributed by atoms with van der Waals surface area (Å²) >= 11 is 11.8. The third-order valence-corrected chi connectivity index (χ3v) is 5.78. The highest BCUT2D eigenvalue weighted by Crippen LogP contribution is 2.24. The topological polar surface area (TPSA) is 102 Å². The van der Waals surface area contributed by atoms with Gasteiger partial charge in [-0.1, -0.05) is 23.2 Å². The number of hydrogen-bond donors (Lipinski definition) is 2. The average Bonchev–Trinajstić information content (AvgIpc) is 2.68. The molecule has 0 saturated heterocycles. The number of nitrogens with one attached hydrogen (secondary N) is 2. The van der Waals surface area contributed by atoms with E-state index in [-0.39, 0.29) is 33.6 Å². The van der Waals surface area contributed by atoms with Crippen LogP contribution in [0, 0.1) is 0 Å². The number of halogens is 2. The van der Waals surface area contributed by atoms with Crippen molar-refractivity contribution in [3.63, 3.8) is 0 Å². The Labute approximate surface area is 179 Å². The van der Waals surface area contributed by atoms with Crippen LogP contribution in [0.25, 0.3) is 0 Å². The van der Waals surface area contributed by atoms with Gasteiger partial charge in [-0.3, -0.25) is 14.3 Å². The smallest absolute Gasteiger partial charge is 0.305 e. The molecule has 1 amide bonds. The minimum Gasteiger partial charge on any atom is -0.469 e. The molecule has 0 aliphatic rings. The highest BCUT2D eigenvalue weighted by molar-refractivity contribution is 7.92. The number of esters is 1. The first-order chi connectivity index (χ1) is 13.7. The minimum atomic E-state index is -3.92. The number of unbranched alkanes of at least 4 members (excludes halogenated alkanes) is 1. The van der Waals surface area contributed by atoms with E-state index in [9.17, 15) is 18.0 Å². The van der Waals surface area contributed by atoms with Crippen LogP contribution in [0.5, 0.6) is 0 Å². The number of sulfonamides is 1. The summed E-state index contributed by atoms with van der Waals surface area (Å²) < 4.78 is 32.2. The van der Waals surface area contributed by atoms with Crippen molar-refractivity contribution >= 4 is 50.8 Å². The van der Waals surface area contributed by atoms with Crippen LogP contribution in [0.3, 0.4) is 0 Å². The van der Waals surface area contributed by atoms with Gasteiger partial charge in [0.2, 0.25) is 0 Å². The predicted octanol–water partition coefficient (Wildman–Crippen LogP) is 3.87. The van der Waals surface area contributed by atoms with E-state index in [1.54, 1.807) is 0 Å². The Bertz CT molecular complexity index is 979. The molecule has 0 bridgehead atoms. The maximum Gasteiger partial charge on any atom is 0.305 e. The van der Waals surface area contributed by atoms with Crippen molar-refractivity contribution in [3.8, 4) is 0 Å². The van der Waals surface area contributed by atoms with Gasteiger partial charge in [-0.25, -0.2) is 8.42 Å². The predicted molar refractivity (Wildman–Crippen MR) is 112 cm³/mol. The summed E-state index contributed by atoms with van der Waals surface area (Å²) in [5.41, 5.74) is 0.180. The van der Waals surface area contributed by atoms with Gasteiger partial charge in [0.05, 0.1) is 23.3 Å². The fourth-order valence-electron chi connectivity index (χ4n) is 2.40. The number of carbonyl (C=O) groups is 2. The van der Waals surface area contributed by atoms with Crippen LogP contribution in [-0.4, -0.2) is 33.9 Å². The maximum atomic E-state index is 12.6. The first kappa shape index (κ1) is 23.0. The summed E-state index contributed by atoms with van der Waals surface area (Å²) in [7, 11) is -2.61. The molecule has 0 atom stereocenters. The SMILES string of the molecule is COC(=O)CCCCNC(=O)c1cc(Cl)ccc1NS(=O)(=O)c1ccc(Cl)cc1. The molecular weight excluding hydrogens is 439 g/mol. The summed E-state index contributed by atoms with van der Waals surface area (Å²) in [5.74, 6) is -0.801. The Morgan fingerprint density at radius 1 is 1.00 bits per heavy atom. The van der Waals surface area contributed by atoms with Gasteiger partial charge in [0, 0.05) is 23.0 Å². The summed E-state index contributed by atoms with van der Waals surface area (Å²) in [6.45, 7) is 0.311. The lowest BCUT2D eigenvalue weighted by Gasteiger charge is -2.13. The number of anilines is 1. The standard InChI is InChI=1S/C19H20Cl2N2O5S/c1-28-18(24)4-2-3-11-22-19(25)16-12-14(21)7-10-17(16)23-29(26,27)15-8-5-13(20)6-9-15/h5-10,12,23H,2-4,11H2,1H3,(H,22,25). The average molecular weight is 459 g/mol. The molecule has 2 N–H and O–H groups in total. The van der Waals surface area contributed by atoms with E-state index >= 15 is 0 Å². The number of benzene rings is 2. The van der Waals surface area contributed by atoms with Gasteiger partial charge in [-0.15, -0.1) is 0 Å². The van der Waals surface area contributed by atoms with Crippen LogP contribution in [-0.2, 0) is 19.6 Å². The van der Waals surface area contributed by atoms with E-state index < -0.39 is 15.9 Å². The molecule has 0 aromatic heterocycles. The lowest BCUT2D eigenvalue weighted by atomic mass is 10.1. The lowest BCUT2D eigenvalue weighted by Crippen LogP contribution is -2.26. The number of rotatable bonds is 9. The van der Waals surface area contributed by atoms with Gasteiger partial charge in [0.1, 0.15) is 0 Å². The van der Waals surface area contributed by atoms with E-state index in [4.69, 9.17) is 23.2 Å². The summed E-state index contributed by atoms with van der Waals surface area (Å²) in [5, 5.41) is 3.38. The molecule has 7 nitrogen and oxygen atoms in total. The molecule has 10 heteroatoms. The zero-order valence-corrected chi connectivity index (χ0v) is 17.9. The highest BCUT2D eigenvalue weighted by atomic mass is 35.5. The van der Waals surface area contributed by atoms with Gasteiger partial charge in [0.15, 0.2) is 0 Å². The summed E-state index contributed by atoms with van der Waals surface area (Å²) in [6.07, 6.45) is 1.38. The molecular formula is C19H20Cl2N2O5S. The third kappa shape index (κ3) is 6.92. The largest absolute Gasteiger partial charge is 0.469 e. The number of methoxy groups -OCH3 is 1. The minimum absolute atomic E-state index is 0.00557. The Kier molecular flexibility index (Phi) is 8.31. The first-order valence-corrected chi connectivity index (χ1v) is 10.9. The van der Waals surface area contributed by atoms with E-state index in [1.165, 1.54) is 49.6 Å². The van der Waals surface area contributed by atoms with Crippen molar-refractivity contribution in [1.29, 1.82) is 0 Å². The monoisotopic (exact) mass is 458 g/mol. The highest BCUT2D eigenvalue weighted by Gasteiger charge is 2.19. The van der Waals surface area contributed by atoms with Crippen LogP contribution in [0.2, 0.25) is 10.0 Å². The lowest BCUT2D eigenvalue weighted by molar-refractivity contribution is -0.140. The Morgan fingerprint density at radius 2 is 1.66 bits per heavy atom. The van der Waals surface area contributed by atoms with Gasteiger partial charge in [-0.05, 0) is 55.3 Å². The molecule has 0 spiro atoms. The number of hydrogen-bond acceptors (Lipinski definition) is 5. The second kappa shape index (κ2) is 10.5. The second-order valence-electron chi connectivity index (χ2n) is 6.04. The Hall–Kier alpha value is -2.29.